The van der Waals surface area contributed by atoms with Gasteiger partial charge in [-0.05, 0) is 81.9 Å². The van der Waals surface area contributed by atoms with Gasteiger partial charge in [-0.15, -0.1) is 0 Å². The second kappa shape index (κ2) is 11.2. The summed E-state index contributed by atoms with van der Waals surface area (Å²) in [5, 5.41) is 21.0. The Hall–Kier alpha value is -3.32. The quantitative estimate of drug-likeness (QED) is 0.235. The van der Waals surface area contributed by atoms with Crippen molar-refractivity contribution >= 4 is 17.4 Å². The summed E-state index contributed by atoms with van der Waals surface area (Å²) in [5.41, 5.74) is 2.00. The highest BCUT2D eigenvalue weighted by atomic mass is 16.5. The summed E-state index contributed by atoms with van der Waals surface area (Å²) in [6.07, 6.45) is 2.66. The van der Waals surface area contributed by atoms with Crippen LogP contribution in [0, 0.1) is 6.92 Å². The smallest absolute Gasteiger partial charge is 0.295 e. The molecule has 1 aliphatic heterocycles. The number of aliphatic hydroxyl groups excluding tert-OH is 1. The van der Waals surface area contributed by atoms with Gasteiger partial charge in [-0.2, -0.15) is 0 Å². The molecule has 0 aliphatic carbocycles. The van der Waals surface area contributed by atoms with Crippen LogP contribution in [0.25, 0.3) is 5.76 Å². The lowest BCUT2D eigenvalue weighted by Crippen LogP contribution is -2.32. The van der Waals surface area contributed by atoms with E-state index in [9.17, 15) is 19.8 Å². The van der Waals surface area contributed by atoms with Crippen molar-refractivity contribution in [2.45, 2.75) is 39.2 Å². The normalized spacial score (nSPS) is 17.6. The van der Waals surface area contributed by atoms with Crippen LogP contribution in [0.1, 0.15) is 48.9 Å². The molecule has 0 saturated carbocycles. The summed E-state index contributed by atoms with van der Waals surface area (Å²) in [7, 11) is 3.90. The highest BCUT2D eigenvalue weighted by molar-refractivity contribution is 6.46. The molecule has 2 aromatic carbocycles. The number of benzene rings is 2. The van der Waals surface area contributed by atoms with E-state index in [0.717, 1.165) is 30.7 Å². The number of nitrogens with zero attached hydrogens (tertiary/aromatic N) is 2. The van der Waals surface area contributed by atoms with Crippen LogP contribution in [0.2, 0.25) is 0 Å². The molecule has 1 saturated heterocycles. The monoisotopic (exact) mass is 466 g/mol. The highest BCUT2D eigenvalue weighted by Gasteiger charge is 2.45. The zero-order valence-electron chi connectivity index (χ0n) is 20.4. The number of ketones is 1. The van der Waals surface area contributed by atoms with Crippen molar-refractivity contribution in [2.75, 3.05) is 33.8 Å². The number of phenolic OH excluding ortho intramolecular Hbond substituents is 1. The van der Waals surface area contributed by atoms with E-state index in [1.165, 1.54) is 17.0 Å². The van der Waals surface area contributed by atoms with Gasteiger partial charge in [0.2, 0.25) is 0 Å². The molecule has 1 atom stereocenters. The molecule has 2 aromatic rings. The fourth-order valence-corrected chi connectivity index (χ4v) is 4.11. The molecule has 0 bridgehead atoms. The third-order valence-electron chi connectivity index (χ3n) is 5.96. The van der Waals surface area contributed by atoms with Gasteiger partial charge in [-0.3, -0.25) is 9.59 Å². The van der Waals surface area contributed by atoms with Crippen molar-refractivity contribution in [1.82, 2.24) is 9.80 Å². The molecular weight excluding hydrogens is 432 g/mol. The SMILES string of the molecule is CCCCOc1ccc(/C(O)=C2\C(=O)C(=O)N(CCCN(C)C)[C@@H]2c2ccc(O)cc2)cc1C. The zero-order chi connectivity index (χ0) is 24.8. The molecule has 182 valence electrons. The van der Waals surface area contributed by atoms with Crippen molar-refractivity contribution in [2.24, 2.45) is 0 Å². The topological polar surface area (TPSA) is 90.3 Å². The van der Waals surface area contributed by atoms with E-state index in [2.05, 4.69) is 6.92 Å². The van der Waals surface area contributed by atoms with Crippen molar-refractivity contribution < 1.29 is 24.5 Å². The third-order valence-corrected chi connectivity index (χ3v) is 5.96. The Balaban J connectivity index is 2.02. The molecule has 2 N–H and O–H groups in total. The Morgan fingerprint density at radius 3 is 2.41 bits per heavy atom. The van der Waals surface area contributed by atoms with E-state index in [0.29, 0.717) is 30.7 Å². The maximum atomic E-state index is 13.1. The molecule has 0 unspecified atom stereocenters. The summed E-state index contributed by atoms with van der Waals surface area (Å²) < 4.78 is 5.80. The summed E-state index contributed by atoms with van der Waals surface area (Å²) in [6.45, 7) is 5.72. The summed E-state index contributed by atoms with van der Waals surface area (Å²) >= 11 is 0. The van der Waals surface area contributed by atoms with Crippen molar-refractivity contribution in [3.63, 3.8) is 0 Å². The van der Waals surface area contributed by atoms with Crippen LogP contribution >= 0.6 is 0 Å². The van der Waals surface area contributed by atoms with Gasteiger partial charge in [0.15, 0.2) is 0 Å². The third kappa shape index (κ3) is 5.59. The van der Waals surface area contributed by atoms with Crippen molar-refractivity contribution in [3.05, 3.63) is 64.7 Å². The number of ether oxygens (including phenoxy) is 1. The Bertz CT molecular complexity index is 1060. The Labute approximate surface area is 201 Å². The number of hydrogen-bond donors (Lipinski definition) is 2. The van der Waals surface area contributed by atoms with Crippen LogP contribution in [0.3, 0.4) is 0 Å². The molecule has 7 nitrogen and oxygen atoms in total. The first-order chi connectivity index (χ1) is 16.2. The standard InChI is InChI=1S/C27H34N2O5/c1-5-6-16-34-22-13-10-20(17-18(22)2)25(31)23-24(19-8-11-21(30)12-9-19)29(27(33)26(23)32)15-7-14-28(3)4/h8-13,17,24,30-31H,5-7,14-16H2,1-4H3/b25-23+/t24-/m1/s1. The number of unbranched alkanes of at least 4 members (excludes halogenated alkanes) is 1. The number of aromatic hydroxyl groups is 1. The molecule has 3 rings (SSSR count). The first kappa shape index (κ1) is 25.3. The number of rotatable bonds is 10. The van der Waals surface area contributed by atoms with E-state index < -0.39 is 17.7 Å². The number of phenols is 1. The molecule has 0 radical (unpaired) electrons. The van der Waals surface area contributed by atoms with Gasteiger partial charge in [0.25, 0.3) is 11.7 Å². The lowest BCUT2D eigenvalue weighted by atomic mass is 9.94. The predicted octanol–water partition coefficient (Wildman–Crippen LogP) is 4.25. The van der Waals surface area contributed by atoms with Gasteiger partial charge in [0.05, 0.1) is 18.2 Å². The highest BCUT2D eigenvalue weighted by Crippen LogP contribution is 2.40. The second-order valence-corrected chi connectivity index (χ2v) is 8.92. The minimum atomic E-state index is -0.733. The van der Waals surface area contributed by atoms with Crippen LogP contribution in [0.4, 0.5) is 0 Å². The molecule has 1 aliphatic rings. The van der Waals surface area contributed by atoms with Gasteiger partial charge in [-0.1, -0.05) is 25.5 Å². The Kier molecular flexibility index (Phi) is 8.34. The molecule has 1 heterocycles. The molecule has 0 spiro atoms. The number of carbonyl (C=O) groups excluding carboxylic acids is 2. The molecular formula is C27H34N2O5. The zero-order valence-corrected chi connectivity index (χ0v) is 20.4. The maximum Gasteiger partial charge on any atom is 0.295 e. The van der Waals surface area contributed by atoms with Crippen molar-refractivity contribution in [3.8, 4) is 11.5 Å². The van der Waals surface area contributed by atoms with Gasteiger partial charge in [0.1, 0.15) is 17.3 Å². The number of Topliss-reactive ketones (excluding diaryl/α,β-unsaturated/α-hetero) is 1. The van der Waals surface area contributed by atoms with Crippen LogP contribution in [0.15, 0.2) is 48.0 Å². The lowest BCUT2D eigenvalue weighted by molar-refractivity contribution is -0.139. The number of aryl methyl sites for hydroxylation is 1. The van der Waals surface area contributed by atoms with E-state index in [-0.39, 0.29) is 17.1 Å². The lowest BCUT2D eigenvalue weighted by Gasteiger charge is -2.26. The van der Waals surface area contributed by atoms with Gasteiger partial charge in [-0.25, -0.2) is 0 Å². The van der Waals surface area contributed by atoms with Gasteiger partial charge >= 0.3 is 0 Å². The molecule has 1 amide bonds. The second-order valence-electron chi connectivity index (χ2n) is 8.92. The maximum absolute atomic E-state index is 13.1. The average Bonchev–Trinajstić information content (AvgIpc) is 3.05. The number of likely N-dealkylation sites (tertiary alicyclic amines) is 1. The van der Waals surface area contributed by atoms with Crippen LogP contribution in [-0.2, 0) is 9.59 Å². The molecule has 34 heavy (non-hydrogen) atoms. The van der Waals surface area contributed by atoms with Gasteiger partial charge < -0.3 is 24.7 Å². The minimum absolute atomic E-state index is 0.0552. The predicted molar refractivity (Wildman–Crippen MR) is 132 cm³/mol. The van der Waals surface area contributed by atoms with Crippen LogP contribution in [-0.4, -0.2) is 65.5 Å². The largest absolute Gasteiger partial charge is 0.508 e. The van der Waals surface area contributed by atoms with E-state index in [4.69, 9.17) is 4.74 Å². The Morgan fingerprint density at radius 2 is 1.79 bits per heavy atom. The van der Waals surface area contributed by atoms with Crippen LogP contribution in [0.5, 0.6) is 11.5 Å². The minimum Gasteiger partial charge on any atom is -0.508 e. The number of carbonyl (C=O) groups is 2. The number of hydrogen-bond acceptors (Lipinski definition) is 6. The molecule has 0 aromatic heterocycles. The number of amides is 1. The first-order valence-corrected chi connectivity index (χ1v) is 11.7. The van der Waals surface area contributed by atoms with Gasteiger partial charge in [0, 0.05) is 12.1 Å². The van der Waals surface area contributed by atoms with Crippen molar-refractivity contribution in [1.29, 1.82) is 0 Å². The summed E-state index contributed by atoms with van der Waals surface area (Å²) in [4.78, 5) is 29.6. The molecule has 7 heteroatoms. The fraction of sp³-hybridized carbons (Fsp3) is 0.407. The number of aliphatic hydroxyl groups is 1. The summed E-state index contributed by atoms with van der Waals surface area (Å²) in [6, 6.07) is 10.9. The van der Waals surface area contributed by atoms with E-state index in [1.807, 2.05) is 25.9 Å². The van der Waals surface area contributed by atoms with Crippen LogP contribution < -0.4 is 4.74 Å². The fourth-order valence-electron chi connectivity index (χ4n) is 4.11. The van der Waals surface area contributed by atoms with E-state index >= 15 is 0 Å². The first-order valence-electron chi connectivity index (χ1n) is 11.7. The van der Waals surface area contributed by atoms with E-state index in [1.54, 1.807) is 30.3 Å². The summed E-state index contributed by atoms with van der Waals surface area (Å²) in [5.74, 6) is -0.738. The Morgan fingerprint density at radius 1 is 1.09 bits per heavy atom. The molecule has 1 fully saturated rings. The average molecular weight is 467 g/mol.